The number of ether oxygens (including phenoxy) is 1. The highest BCUT2D eigenvalue weighted by Gasteiger charge is 2.15. The van der Waals surface area contributed by atoms with Gasteiger partial charge in [-0.3, -0.25) is 0 Å². The number of nitrogens with one attached hydrogen (secondary N) is 1. The van der Waals surface area contributed by atoms with E-state index in [0.29, 0.717) is 12.0 Å². The van der Waals surface area contributed by atoms with Crippen LogP contribution in [-0.2, 0) is 0 Å². The number of benzene rings is 1. The Kier molecular flexibility index (Phi) is 7.68. The molecule has 0 heterocycles. The molecule has 0 radical (unpaired) electrons. The van der Waals surface area contributed by atoms with E-state index in [9.17, 15) is 0 Å². The van der Waals surface area contributed by atoms with Gasteiger partial charge < -0.3 is 10.1 Å². The van der Waals surface area contributed by atoms with Gasteiger partial charge in [0, 0.05) is 12.6 Å². The number of hydrogen-bond donors (Lipinski definition) is 1. The number of rotatable bonds is 9. The smallest absolute Gasteiger partial charge is 0.123 e. The summed E-state index contributed by atoms with van der Waals surface area (Å²) < 4.78 is 6.30. The van der Waals surface area contributed by atoms with Crippen molar-refractivity contribution in [2.45, 2.75) is 71.9 Å². The van der Waals surface area contributed by atoms with Gasteiger partial charge in [0.1, 0.15) is 11.9 Å². The van der Waals surface area contributed by atoms with E-state index in [4.69, 9.17) is 4.74 Å². The molecule has 0 aliphatic carbocycles. The lowest BCUT2D eigenvalue weighted by atomic mass is 9.98. The van der Waals surface area contributed by atoms with E-state index in [1.807, 2.05) is 0 Å². The molecular weight excluding hydrogens is 246 g/mol. The van der Waals surface area contributed by atoms with Gasteiger partial charge in [-0.25, -0.2) is 0 Å². The van der Waals surface area contributed by atoms with Crippen molar-refractivity contribution < 1.29 is 4.74 Å². The summed E-state index contributed by atoms with van der Waals surface area (Å²) in [5.41, 5.74) is 1.33. The minimum atomic E-state index is 0.257. The average molecular weight is 277 g/mol. The molecule has 1 aromatic rings. The molecule has 0 aromatic heterocycles. The highest BCUT2D eigenvalue weighted by Crippen LogP contribution is 2.29. The van der Waals surface area contributed by atoms with E-state index in [2.05, 4.69) is 64.2 Å². The minimum Gasteiger partial charge on any atom is -0.489 e. The summed E-state index contributed by atoms with van der Waals surface area (Å²) in [6, 6.07) is 8.99. The molecule has 1 N–H and O–H groups in total. The van der Waals surface area contributed by atoms with Gasteiger partial charge >= 0.3 is 0 Å². The molecule has 1 aromatic carbocycles. The molecule has 1 rings (SSSR count). The first-order chi connectivity index (χ1) is 9.58. The second-order valence-electron chi connectivity index (χ2n) is 5.94. The van der Waals surface area contributed by atoms with Crippen LogP contribution < -0.4 is 10.1 Å². The first-order valence-corrected chi connectivity index (χ1v) is 8.07. The zero-order valence-corrected chi connectivity index (χ0v) is 13.8. The fourth-order valence-electron chi connectivity index (χ4n) is 2.29. The summed E-state index contributed by atoms with van der Waals surface area (Å²) in [5.74, 6) is 1.61. The van der Waals surface area contributed by atoms with Crippen molar-refractivity contribution >= 4 is 0 Å². The third kappa shape index (κ3) is 5.54. The summed E-state index contributed by atoms with van der Waals surface area (Å²) in [6.45, 7) is 12.0. The molecule has 0 saturated carbocycles. The normalized spacial score (nSPS) is 14.3. The second-order valence-corrected chi connectivity index (χ2v) is 5.94. The van der Waals surface area contributed by atoms with Crippen molar-refractivity contribution in [3.8, 4) is 5.75 Å². The van der Waals surface area contributed by atoms with Crippen LogP contribution in [-0.4, -0.2) is 18.7 Å². The summed E-state index contributed by atoms with van der Waals surface area (Å²) in [5, 5.41) is 3.49. The molecule has 2 atom stereocenters. The topological polar surface area (TPSA) is 21.3 Å². The van der Waals surface area contributed by atoms with Gasteiger partial charge in [0.25, 0.3) is 0 Å². The Morgan fingerprint density at radius 1 is 1.10 bits per heavy atom. The van der Waals surface area contributed by atoms with Crippen LogP contribution in [0.15, 0.2) is 24.3 Å². The third-order valence-corrected chi connectivity index (χ3v) is 3.72. The largest absolute Gasteiger partial charge is 0.489 e. The lowest BCUT2D eigenvalue weighted by Crippen LogP contribution is -2.35. The minimum absolute atomic E-state index is 0.257. The summed E-state index contributed by atoms with van der Waals surface area (Å²) in [4.78, 5) is 0. The fourth-order valence-corrected chi connectivity index (χ4v) is 2.29. The van der Waals surface area contributed by atoms with Crippen LogP contribution in [0.2, 0.25) is 0 Å². The van der Waals surface area contributed by atoms with Crippen molar-refractivity contribution in [1.29, 1.82) is 0 Å². The molecule has 0 aliphatic heterocycles. The molecule has 0 bridgehead atoms. The Balaban J connectivity index is 2.76. The SMILES string of the molecule is CCCC(CNC(C)C)Oc1ccccc1C(C)CC. The van der Waals surface area contributed by atoms with Crippen molar-refractivity contribution in [3.63, 3.8) is 0 Å². The van der Waals surface area contributed by atoms with Crippen molar-refractivity contribution in [1.82, 2.24) is 5.32 Å². The van der Waals surface area contributed by atoms with E-state index in [1.165, 1.54) is 5.56 Å². The maximum atomic E-state index is 6.30. The first kappa shape index (κ1) is 17.0. The van der Waals surface area contributed by atoms with Gasteiger partial charge in [0.05, 0.1) is 0 Å². The van der Waals surface area contributed by atoms with Crippen LogP contribution in [0.5, 0.6) is 5.75 Å². The van der Waals surface area contributed by atoms with Crippen LogP contribution in [0, 0.1) is 0 Å². The van der Waals surface area contributed by atoms with Gasteiger partial charge in [0.2, 0.25) is 0 Å². The highest BCUT2D eigenvalue weighted by molar-refractivity contribution is 5.36. The molecule has 0 saturated heterocycles. The molecule has 20 heavy (non-hydrogen) atoms. The van der Waals surface area contributed by atoms with E-state index < -0.39 is 0 Å². The van der Waals surface area contributed by atoms with Crippen molar-refractivity contribution in [2.75, 3.05) is 6.54 Å². The van der Waals surface area contributed by atoms with Gasteiger partial charge in [0.15, 0.2) is 0 Å². The van der Waals surface area contributed by atoms with Gasteiger partial charge in [-0.05, 0) is 30.4 Å². The Morgan fingerprint density at radius 3 is 2.40 bits per heavy atom. The Hall–Kier alpha value is -1.02. The molecule has 0 aliphatic rings. The Labute approximate surface area is 124 Å². The highest BCUT2D eigenvalue weighted by atomic mass is 16.5. The zero-order chi connectivity index (χ0) is 15.0. The summed E-state index contributed by atoms with van der Waals surface area (Å²) in [6.07, 6.45) is 3.64. The van der Waals surface area contributed by atoms with Crippen LogP contribution in [0.1, 0.15) is 65.4 Å². The molecule has 0 spiro atoms. The fraction of sp³-hybridized carbons (Fsp3) is 0.667. The van der Waals surface area contributed by atoms with Gasteiger partial charge in [-0.2, -0.15) is 0 Å². The van der Waals surface area contributed by atoms with Crippen molar-refractivity contribution in [3.05, 3.63) is 29.8 Å². The molecule has 0 amide bonds. The predicted molar refractivity (Wildman–Crippen MR) is 87.6 cm³/mol. The first-order valence-electron chi connectivity index (χ1n) is 8.07. The summed E-state index contributed by atoms with van der Waals surface area (Å²) in [7, 11) is 0. The van der Waals surface area contributed by atoms with E-state index in [1.54, 1.807) is 0 Å². The Bertz CT molecular complexity index is 375. The van der Waals surface area contributed by atoms with Crippen LogP contribution in [0.3, 0.4) is 0 Å². The molecule has 2 heteroatoms. The average Bonchev–Trinajstić information content (AvgIpc) is 2.44. The third-order valence-electron chi connectivity index (χ3n) is 3.72. The van der Waals surface area contributed by atoms with Crippen LogP contribution >= 0.6 is 0 Å². The van der Waals surface area contributed by atoms with E-state index in [0.717, 1.165) is 31.6 Å². The quantitative estimate of drug-likeness (QED) is 0.703. The molecule has 114 valence electrons. The maximum Gasteiger partial charge on any atom is 0.123 e. The molecule has 2 nitrogen and oxygen atoms in total. The standard InChI is InChI=1S/C18H31NO/c1-6-10-16(13-19-14(3)4)20-18-12-9-8-11-17(18)15(5)7-2/h8-9,11-12,14-16,19H,6-7,10,13H2,1-5H3. The lowest BCUT2D eigenvalue weighted by molar-refractivity contribution is 0.181. The lowest BCUT2D eigenvalue weighted by Gasteiger charge is -2.23. The number of para-hydroxylation sites is 1. The molecular formula is C18H31NO. The summed E-state index contributed by atoms with van der Waals surface area (Å²) >= 11 is 0. The van der Waals surface area contributed by atoms with Crippen LogP contribution in [0.4, 0.5) is 0 Å². The van der Waals surface area contributed by atoms with Crippen LogP contribution in [0.25, 0.3) is 0 Å². The Morgan fingerprint density at radius 2 is 1.80 bits per heavy atom. The van der Waals surface area contributed by atoms with Crippen molar-refractivity contribution in [2.24, 2.45) is 0 Å². The number of hydrogen-bond acceptors (Lipinski definition) is 2. The van der Waals surface area contributed by atoms with Gasteiger partial charge in [-0.1, -0.05) is 59.2 Å². The van der Waals surface area contributed by atoms with E-state index >= 15 is 0 Å². The zero-order valence-electron chi connectivity index (χ0n) is 13.8. The monoisotopic (exact) mass is 277 g/mol. The maximum absolute atomic E-state index is 6.30. The predicted octanol–water partition coefficient (Wildman–Crippen LogP) is 4.75. The van der Waals surface area contributed by atoms with Gasteiger partial charge in [-0.15, -0.1) is 0 Å². The molecule has 2 unspecified atom stereocenters. The second kappa shape index (κ2) is 9.02. The van der Waals surface area contributed by atoms with E-state index in [-0.39, 0.29) is 6.10 Å². The molecule has 0 fully saturated rings.